The van der Waals surface area contributed by atoms with Gasteiger partial charge in [0.05, 0.1) is 12.2 Å². The van der Waals surface area contributed by atoms with Crippen molar-refractivity contribution in [2.24, 2.45) is 0 Å². The van der Waals surface area contributed by atoms with Crippen LogP contribution in [0.4, 0.5) is 0 Å². The standard InChI is InChI=1S/C14H20Cl2O5/c1-10(2)14(18)20-9-12(21-11(3)4-6-15)8-19-13(17)5-7-16/h12H,1,3-9H2,2H3. The number of alkyl halides is 2. The van der Waals surface area contributed by atoms with Gasteiger partial charge in [0.15, 0.2) is 6.10 Å². The molecule has 120 valence electrons. The topological polar surface area (TPSA) is 61.8 Å². The summed E-state index contributed by atoms with van der Waals surface area (Å²) in [4.78, 5) is 22.6. The lowest BCUT2D eigenvalue weighted by atomic mass is 10.3. The molecule has 0 saturated carbocycles. The van der Waals surface area contributed by atoms with Crippen LogP contribution in [0.3, 0.4) is 0 Å². The molecule has 0 aromatic carbocycles. The zero-order valence-corrected chi connectivity index (χ0v) is 13.5. The molecule has 0 amide bonds. The van der Waals surface area contributed by atoms with Crippen molar-refractivity contribution in [2.45, 2.75) is 25.9 Å². The van der Waals surface area contributed by atoms with Gasteiger partial charge >= 0.3 is 11.9 Å². The highest BCUT2D eigenvalue weighted by Crippen LogP contribution is 2.09. The zero-order valence-electron chi connectivity index (χ0n) is 12.0. The third-order valence-electron chi connectivity index (χ3n) is 2.18. The van der Waals surface area contributed by atoms with Gasteiger partial charge in [-0.3, -0.25) is 4.79 Å². The molecule has 0 rings (SSSR count). The van der Waals surface area contributed by atoms with E-state index in [-0.39, 0.29) is 31.1 Å². The molecule has 0 fully saturated rings. The summed E-state index contributed by atoms with van der Waals surface area (Å²) < 4.78 is 15.4. The molecule has 0 aromatic rings. The second-order valence-corrected chi connectivity index (χ2v) is 4.97. The fourth-order valence-electron chi connectivity index (χ4n) is 1.14. The van der Waals surface area contributed by atoms with Crippen LogP contribution in [0.15, 0.2) is 24.5 Å². The quantitative estimate of drug-likeness (QED) is 0.251. The predicted octanol–water partition coefficient (Wildman–Crippen LogP) is 2.81. The largest absolute Gasteiger partial charge is 0.488 e. The average molecular weight is 339 g/mol. The molecule has 0 heterocycles. The van der Waals surface area contributed by atoms with Crippen LogP contribution in [0.1, 0.15) is 19.8 Å². The molecular formula is C14H20Cl2O5. The summed E-state index contributed by atoms with van der Waals surface area (Å²) in [6.07, 6.45) is -0.104. The first-order chi connectivity index (χ1) is 9.90. The van der Waals surface area contributed by atoms with Gasteiger partial charge in [0.2, 0.25) is 0 Å². The second-order valence-electron chi connectivity index (χ2n) is 4.22. The minimum absolute atomic E-state index is 0.0689. The maximum absolute atomic E-state index is 11.4. The van der Waals surface area contributed by atoms with E-state index in [1.54, 1.807) is 0 Å². The maximum atomic E-state index is 11.4. The van der Waals surface area contributed by atoms with Crippen molar-refractivity contribution in [1.82, 2.24) is 0 Å². The van der Waals surface area contributed by atoms with Crippen molar-refractivity contribution >= 4 is 35.1 Å². The fraction of sp³-hybridized carbons (Fsp3) is 0.571. The van der Waals surface area contributed by atoms with E-state index in [2.05, 4.69) is 13.2 Å². The van der Waals surface area contributed by atoms with Gasteiger partial charge in [-0.1, -0.05) is 13.2 Å². The van der Waals surface area contributed by atoms with Crippen LogP contribution in [0.2, 0.25) is 0 Å². The summed E-state index contributed by atoms with van der Waals surface area (Å²) in [5.41, 5.74) is 0.271. The molecule has 0 saturated heterocycles. The van der Waals surface area contributed by atoms with Crippen molar-refractivity contribution in [3.8, 4) is 0 Å². The van der Waals surface area contributed by atoms with Crippen LogP contribution < -0.4 is 0 Å². The first-order valence-electron chi connectivity index (χ1n) is 6.35. The Morgan fingerprint density at radius 1 is 1.05 bits per heavy atom. The number of ether oxygens (including phenoxy) is 3. The number of allylic oxidation sites excluding steroid dienone is 1. The highest BCUT2D eigenvalue weighted by molar-refractivity contribution is 6.18. The molecule has 0 aliphatic carbocycles. The molecule has 21 heavy (non-hydrogen) atoms. The number of carbonyl (C=O) groups is 2. The monoisotopic (exact) mass is 338 g/mol. The molecular weight excluding hydrogens is 319 g/mol. The molecule has 1 atom stereocenters. The van der Waals surface area contributed by atoms with Gasteiger partial charge in [0, 0.05) is 23.8 Å². The normalized spacial score (nSPS) is 11.4. The van der Waals surface area contributed by atoms with E-state index in [9.17, 15) is 9.59 Å². The van der Waals surface area contributed by atoms with Gasteiger partial charge in [-0.05, 0) is 6.92 Å². The van der Waals surface area contributed by atoms with Crippen LogP contribution in [0.25, 0.3) is 0 Å². The molecule has 0 spiro atoms. The highest BCUT2D eigenvalue weighted by Gasteiger charge is 2.17. The van der Waals surface area contributed by atoms with Crippen LogP contribution >= 0.6 is 23.2 Å². The third kappa shape index (κ3) is 10.2. The van der Waals surface area contributed by atoms with Crippen molar-refractivity contribution < 1.29 is 23.8 Å². The number of carbonyl (C=O) groups excluding carboxylic acids is 2. The Morgan fingerprint density at radius 2 is 1.62 bits per heavy atom. The van der Waals surface area contributed by atoms with Gasteiger partial charge in [-0.2, -0.15) is 0 Å². The van der Waals surface area contributed by atoms with E-state index in [4.69, 9.17) is 37.4 Å². The van der Waals surface area contributed by atoms with Crippen molar-refractivity contribution in [2.75, 3.05) is 25.0 Å². The van der Waals surface area contributed by atoms with Gasteiger partial charge in [-0.15, -0.1) is 23.2 Å². The SMILES string of the molecule is C=C(CCCl)OC(COC(=O)CCCl)COC(=O)C(=C)C. The van der Waals surface area contributed by atoms with Gasteiger partial charge in [0.1, 0.15) is 13.2 Å². The Labute approximate surface area is 134 Å². The summed E-state index contributed by atoms with van der Waals surface area (Å²) in [6, 6.07) is 0. The minimum atomic E-state index is -0.650. The minimum Gasteiger partial charge on any atom is -0.488 e. The molecule has 0 aliphatic rings. The molecule has 0 bridgehead atoms. The van der Waals surface area contributed by atoms with Gasteiger partial charge in [0.25, 0.3) is 0 Å². The molecule has 0 N–H and O–H groups in total. The average Bonchev–Trinajstić information content (AvgIpc) is 2.41. The number of rotatable bonds is 11. The number of esters is 2. The highest BCUT2D eigenvalue weighted by atomic mass is 35.5. The Balaban J connectivity index is 4.39. The van der Waals surface area contributed by atoms with E-state index in [0.29, 0.717) is 18.1 Å². The van der Waals surface area contributed by atoms with Crippen molar-refractivity contribution in [1.29, 1.82) is 0 Å². The fourth-order valence-corrected chi connectivity index (χ4v) is 1.51. The first-order valence-corrected chi connectivity index (χ1v) is 7.42. The molecule has 0 aliphatic heterocycles. The van der Waals surface area contributed by atoms with Gasteiger partial charge < -0.3 is 14.2 Å². The molecule has 0 aromatic heterocycles. The molecule has 0 radical (unpaired) electrons. The lowest BCUT2D eigenvalue weighted by molar-refractivity contribution is -0.151. The molecule has 1 unspecified atom stereocenters. The van der Waals surface area contributed by atoms with E-state index in [1.165, 1.54) is 6.92 Å². The Hall–Kier alpha value is -1.20. The smallest absolute Gasteiger partial charge is 0.333 e. The summed E-state index contributed by atoms with van der Waals surface area (Å²) >= 11 is 11.0. The first kappa shape index (κ1) is 19.8. The van der Waals surface area contributed by atoms with E-state index in [1.807, 2.05) is 0 Å². The lowest BCUT2D eigenvalue weighted by Crippen LogP contribution is -2.28. The zero-order chi connectivity index (χ0) is 16.3. The van der Waals surface area contributed by atoms with Crippen molar-refractivity contribution in [3.63, 3.8) is 0 Å². The molecule has 5 nitrogen and oxygen atoms in total. The van der Waals surface area contributed by atoms with Crippen LogP contribution in [0, 0.1) is 0 Å². The lowest BCUT2D eigenvalue weighted by Gasteiger charge is -2.20. The van der Waals surface area contributed by atoms with Crippen molar-refractivity contribution in [3.05, 3.63) is 24.5 Å². The number of hydrogen-bond donors (Lipinski definition) is 0. The van der Waals surface area contributed by atoms with Gasteiger partial charge in [-0.25, -0.2) is 4.79 Å². The van der Waals surface area contributed by atoms with Crippen LogP contribution in [-0.4, -0.2) is 43.0 Å². The summed E-state index contributed by atoms with van der Waals surface area (Å²) in [7, 11) is 0. The second kappa shape index (κ2) is 11.5. The third-order valence-corrected chi connectivity index (χ3v) is 2.56. The maximum Gasteiger partial charge on any atom is 0.333 e. The Bertz CT molecular complexity index is 382. The van der Waals surface area contributed by atoms with E-state index < -0.39 is 18.0 Å². The van der Waals surface area contributed by atoms with E-state index in [0.717, 1.165) is 0 Å². The summed E-state index contributed by atoms with van der Waals surface area (Å²) in [6.45, 7) is 8.54. The summed E-state index contributed by atoms with van der Waals surface area (Å²) in [5.74, 6) is -0.0434. The van der Waals surface area contributed by atoms with Crippen LogP contribution in [-0.2, 0) is 23.8 Å². The predicted molar refractivity (Wildman–Crippen MR) is 81.4 cm³/mol. The number of halogens is 2. The molecule has 7 heteroatoms. The van der Waals surface area contributed by atoms with E-state index >= 15 is 0 Å². The van der Waals surface area contributed by atoms with Crippen LogP contribution in [0.5, 0.6) is 0 Å². The number of hydrogen-bond acceptors (Lipinski definition) is 5. The Kier molecular flexibility index (Phi) is 10.8. The Morgan fingerprint density at radius 3 is 2.14 bits per heavy atom. The summed E-state index contributed by atoms with van der Waals surface area (Å²) in [5, 5.41) is 0.